The van der Waals surface area contributed by atoms with E-state index in [1.807, 2.05) is 6.92 Å². The molecule has 2 aromatic rings. The molecule has 0 saturated carbocycles. The Hall–Kier alpha value is -1.99. The number of pyridine rings is 1. The van der Waals surface area contributed by atoms with E-state index in [9.17, 15) is 15.2 Å². The van der Waals surface area contributed by atoms with Gasteiger partial charge in [0.2, 0.25) is 0 Å². The lowest BCUT2D eigenvalue weighted by Gasteiger charge is -2.11. The molecule has 0 bridgehead atoms. The number of hydrogen-bond acceptors (Lipinski definition) is 5. The van der Waals surface area contributed by atoms with Gasteiger partial charge < -0.3 is 9.84 Å². The Kier molecular flexibility index (Phi) is 4.87. The fourth-order valence-electron chi connectivity index (χ4n) is 1.76. The van der Waals surface area contributed by atoms with Crippen LogP contribution < -0.4 is 4.74 Å². The van der Waals surface area contributed by atoms with Crippen molar-refractivity contribution in [1.82, 2.24) is 4.98 Å². The molecule has 1 heterocycles. The second-order valence-corrected chi connectivity index (χ2v) is 5.23. The van der Waals surface area contributed by atoms with Crippen molar-refractivity contribution < 1.29 is 14.8 Å². The second kappa shape index (κ2) is 6.64. The van der Waals surface area contributed by atoms with Crippen molar-refractivity contribution in [3.05, 3.63) is 61.9 Å². The van der Waals surface area contributed by atoms with Gasteiger partial charge in [0.25, 0.3) is 5.69 Å². The van der Waals surface area contributed by atoms with Crippen LogP contribution in [-0.2, 0) is 13.2 Å². The van der Waals surface area contributed by atoms with Crippen LogP contribution in [0.3, 0.4) is 0 Å². The minimum absolute atomic E-state index is 0.0127. The van der Waals surface area contributed by atoms with E-state index in [-0.39, 0.29) is 18.9 Å². The van der Waals surface area contributed by atoms with Crippen LogP contribution in [0.5, 0.6) is 5.75 Å². The number of nitrogens with zero attached hydrogens (tertiary/aromatic N) is 2. The highest BCUT2D eigenvalue weighted by Gasteiger charge is 2.11. The third kappa shape index (κ3) is 3.77. The largest absolute Gasteiger partial charge is 0.487 e. The number of aryl methyl sites for hydroxylation is 1. The predicted octanol–water partition coefficient (Wildman–Crippen LogP) is 3.13. The number of hydrogen-bond donors (Lipinski definition) is 1. The number of non-ortho nitro benzene ring substituents is 1. The summed E-state index contributed by atoms with van der Waals surface area (Å²) in [6, 6.07) is 8.01. The van der Waals surface area contributed by atoms with Gasteiger partial charge in [-0.3, -0.25) is 15.1 Å². The predicted molar refractivity (Wildman–Crippen MR) is 80.0 cm³/mol. The highest BCUT2D eigenvalue weighted by Crippen LogP contribution is 2.25. The first-order valence-electron chi connectivity index (χ1n) is 6.14. The lowest BCUT2D eigenvalue weighted by molar-refractivity contribution is -0.384. The molecular weight excluding hydrogens is 340 g/mol. The number of nitro groups is 1. The van der Waals surface area contributed by atoms with Gasteiger partial charge in [-0.1, -0.05) is 15.9 Å². The molecule has 110 valence electrons. The first-order valence-corrected chi connectivity index (χ1v) is 6.93. The summed E-state index contributed by atoms with van der Waals surface area (Å²) in [5.41, 5.74) is 2.04. The Morgan fingerprint density at radius 1 is 1.38 bits per heavy atom. The first kappa shape index (κ1) is 15.4. The molecule has 0 aliphatic carbocycles. The monoisotopic (exact) mass is 352 g/mol. The van der Waals surface area contributed by atoms with Gasteiger partial charge in [0.1, 0.15) is 18.1 Å². The average Bonchev–Trinajstić information content (AvgIpc) is 2.46. The van der Waals surface area contributed by atoms with Crippen LogP contribution >= 0.6 is 15.9 Å². The summed E-state index contributed by atoms with van der Waals surface area (Å²) < 4.78 is 6.23. The van der Waals surface area contributed by atoms with E-state index in [2.05, 4.69) is 20.9 Å². The lowest BCUT2D eigenvalue weighted by Crippen LogP contribution is -2.02. The van der Waals surface area contributed by atoms with Crippen molar-refractivity contribution in [2.75, 3.05) is 0 Å². The topological polar surface area (TPSA) is 85.5 Å². The van der Waals surface area contributed by atoms with Gasteiger partial charge in [-0.2, -0.15) is 0 Å². The molecule has 0 aliphatic rings. The lowest BCUT2D eigenvalue weighted by atomic mass is 10.2. The van der Waals surface area contributed by atoms with E-state index in [0.29, 0.717) is 15.9 Å². The SMILES string of the molecule is Cc1ccc(OCc2ccc([N+](=O)[O-])cc2Br)c(CO)n1. The van der Waals surface area contributed by atoms with Gasteiger partial charge in [-0.05, 0) is 25.1 Å². The summed E-state index contributed by atoms with van der Waals surface area (Å²) >= 11 is 3.29. The fraction of sp³-hybridized carbons (Fsp3) is 0.214. The number of benzene rings is 1. The normalized spacial score (nSPS) is 10.4. The van der Waals surface area contributed by atoms with Crippen LogP contribution in [0.2, 0.25) is 0 Å². The molecule has 1 N–H and O–H groups in total. The van der Waals surface area contributed by atoms with Crippen LogP contribution in [0.1, 0.15) is 17.0 Å². The maximum atomic E-state index is 10.7. The Balaban J connectivity index is 2.15. The Morgan fingerprint density at radius 2 is 2.14 bits per heavy atom. The molecule has 7 heteroatoms. The van der Waals surface area contributed by atoms with E-state index in [4.69, 9.17) is 4.74 Å². The van der Waals surface area contributed by atoms with Gasteiger partial charge in [0.05, 0.1) is 11.5 Å². The molecule has 0 spiro atoms. The molecular formula is C14H13BrN2O4. The van der Waals surface area contributed by atoms with Crippen molar-refractivity contribution >= 4 is 21.6 Å². The van der Waals surface area contributed by atoms with Crippen molar-refractivity contribution in [3.8, 4) is 5.75 Å². The quantitative estimate of drug-likeness (QED) is 0.659. The smallest absolute Gasteiger partial charge is 0.270 e. The zero-order chi connectivity index (χ0) is 15.4. The third-order valence-electron chi connectivity index (χ3n) is 2.85. The molecule has 0 unspecified atom stereocenters. The zero-order valence-corrected chi connectivity index (χ0v) is 12.8. The molecule has 0 radical (unpaired) electrons. The van der Waals surface area contributed by atoms with Gasteiger partial charge in [-0.25, -0.2) is 0 Å². The van der Waals surface area contributed by atoms with Crippen molar-refractivity contribution in [1.29, 1.82) is 0 Å². The first-order chi connectivity index (χ1) is 10.0. The summed E-state index contributed by atoms with van der Waals surface area (Å²) in [4.78, 5) is 14.4. The molecule has 21 heavy (non-hydrogen) atoms. The molecule has 0 saturated heterocycles. The van der Waals surface area contributed by atoms with Crippen molar-refractivity contribution in [3.63, 3.8) is 0 Å². The molecule has 1 aromatic carbocycles. The highest BCUT2D eigenvalue weighted by molar-refractivity contribution is 9.10. The summed E-state index contributed by atoms with van der Waals surface area (Å²) in [5.74, 6) is 0.494. The number of ether oxygens (including phenoxy) is 1. The molecule has 2 rings (SSSR count). The van der Waals surface area contributed by atoms with Crippen LogP contribution in [0.4, 0.5) is 5.69 Å². The average molecular weight is 353 g/mol. The molecule has 0 fully saturated rings. The van der Waals surface area contributed by atoms with Crippen LogP contribution in [0.15, 0.2) is 34.8 Å². The maximum absolute atomic E-state index is 10.7. The van der Waals surface area contributed by atoms with Gasteiger partial charge in [0.15, 0.2) is 0 Å². The third-order valence-corrected chi connectivity index (χ3v) is 3.59. The number of nitro benzene ring substituents is 1. The number of halogens is 1. The van der Waals surface area contributed by atoms with E-state index < -0.39 is 4.92 Å². The molecule has 0 amide bonds. The second-order valence-electron chi connectivity index (χ2n) is 4.38. The van der Waals surface area contributed by atoms with Crippen LogP contribution in [0.25, 0.3) is 0 Å². The van der Waals surface area contributed by atoms with Crippen LogP contribution in [0, 0.1) is 17.0 Å². The minimum atomic E-state index is -0.455. The summed E-state index contributed by atoms with van der Waals surface area (Å²) in [7, 11) is 0. The number of rotatable bonds is 5. The number of aliphatic hydroxyl groups excluding tert-OH is 1. The van der Waals surface area contributed by atoms with E-state index in [0.717, 1.165) is 11.3 Å². The minimum Gasteiger partial charge on any atom is -0.487 e. The molecule has 0 atom stereocenters. The number of aromatic nitrogens is 1. The fourth-order valence-corrected chi connectivity index (χ4v) is 2.25. The standard InChI is InChI=1S/C14H13BrN2O4/c1-9-2-5-14(13(7-18)16-9)21-8-10-3-4-11(17(19)20)6-12(10)15/h2-6,18H,7-8H2,1H3. The van der Waals surface area contributed by atoms with E-state index in [1.54, 1.807) is 18.2 Å². The van der Waals surface area contributed by atoms with Gasteiger partial charge in [0, 0.05) is 27.9 Å². The van der Waals surface area contributed by atoms with Crippen molar-refractivity contribution in [2.45, 2.75) is 20.1 Å². The maximum Gasteiger partial charge on any atom is 0.270 e. The van der Waals surface area contributed by atoms with E-state index >= 15 is 0 Å². The Labute approximate surface area is 129 Å². The van der Waals surface area contributed by atoms with Crippen LogP contribution in [-0.4, -0.2) is 15.0 Å². The van der Waals surface area contributed by atoms with E-state index in [1.165, 1.54) is 12.1 Å². The van der Waals surface area contributed by atoms with Gasteiger partial charge >= 0.3 is 0 Å². The molecule has 6 nitrogen and oxygen atoms in total. The summed E-state index contributed by atoms with van der Waals surface area (Å²) in [6.45, 7) is 1.84. The van der Waals surface area contributed by atoms with Crippen molar-refractivity contribution in [2.24, 2.45) is 0 Å². The summed E-state index contributed by atoms with van der Waals surface area (Å²) in [5, 5.41) is 19.9. The van der Waals surface area contributed by atoms with Gasteiger partial charge in [-0.15, -0.1) is 0 Å². The Morgan fingerprint density at radius 3 is 2.76 bits per heavy atom. The molecule has 1 aromatic heterocycles. The summed E-state index contributed by atoms with van der Waals surface area (Å²) in [6.07, 6.45) is 0. The highest BCUT2D eigenvalue weighted by atomic mass is 79.9. The Bertz CT molecular complexity index is 676. The zero-order valence-electron chi connectivity index (χ0n) is 11.2. The molecule has 0 aliphatic heterocycles. The number of aliphatic hydroxyl groups is 1.